The van der Waals surface area contributed by atoms with Crippen molar-refractivity contribution in [1.82, 2.24) is 0 Å². The normalized spacial score (nSPS) is 17.5. The van der Waals surface area contributed by atoms with Gasteiger partial charge >= 0.3 is 0 Å². The lowest BCUT2D eigenvalue weighted by atomic mass is 9.80. The lowest BCUT2D eigenvalue weighted by molar-refractivity contribution is -0.438. The third-order valence-electron chi connectivity index (χ3n) is 9.09. The Morgan fingerprint density at radius 3 is 2.47 bits per heavy atom. The molecule has 5 rings (SSSR count). The van der Waals surface area contributed by atoms with Crippen LogP contribution in [-0.2, 0) is 15.6 Å². The zero-order valence-corrected chi connectivity index (χ0v) is 27.5. The Kier molecular flexibility index (Phi) is 9.26. The average molecular weight is 624 g/mol. The molecule has 3 aromatic rings. The number of carboxylic acid groups (broad SMARTS) is 1. The number of non-ortho nitro benzene ring substituents is 1. The minimum absolute atomic E-state index is 0.0945. The zero-order chi connectivity index (χ0) is 32.4. The van der Waals surface area contributed by atoms with Crippen LogP contribution in [0.2, 0.25) is 0 Å². The minimum atomic E-state index is -0.992. The maximum Gasteiger partial charge on any atom is 0.269 e. The van der Waals surface area contributed by atoms with Gasteiger partial charge in [0.15, 0.2) is 5.71 Å². The average Bonchev–Trinajstić information content (AvgIpc) is 3.66. The molecule has 0 fully saturated rings. The summed E-state index contributed by atoms with van der Waals surface area (Å²) in [5.74, 6) is -0.992. The molecule has 3 heterocycles. The van der Waals surface area contributed by atoms with Crippen molar-refractivity contribution in [2.45, 2.75) is 71.1 Å². The lowest BCUT2D eigenvalue weighted by Gasteiger charge is -2.25. The number of likely N-dealkylation sites (N-methyl/N-ethyl adjacent to an activating group) is 1. The van der Waals surface area contributed by atoms with Crippen LogP contribution in [-0.4, -0.2) is 34.3 Å². The predicted molar refractivity (Wildman–Crippen MR) is 182 cm³/mol. The number of hydrogen-bond acceptors (Lipinski definition) is 6. The number of fused-ring (bicyclic) bond motifs is 2. The molecule has 0 saturated carbocycles. The van der Waals surface area contributed by atoms with E-state index in [4.69, 9.17) is 0 Å². The van der Waals surface area contributed by atoms with Crippen LogP contribution in [0.25, 0.3) is 10.4 Å². The van der Waals surface area contributed by atoms with Crippen molar-refractivity contribution in [2.24, 2.45) is 0 Å². The van der Waals surface area contributed by atoms with E-state index in [-0.39, 0.29) is 27.9 Å². The second kappa shape index (κ2) is 13.0. The maximum atomic E-state index is 11.5. The number of nitro groups is 1. The molecule has 0 saturated heterocycles. The number of rotatable bonds is 12. The number of carbonyl (C=O) groups is 1. The Bertz CT molecular complexity index is 1730. The fourth-order valence-corrected chi connectivity index (χ4v) is 7.43. The van der Waals surface area contributed by atoms with E-state index in [1.165, 1.54) is 27.4 Å². The van der Waals surface area contributed by atoms with Gasteiger partial charge in [0.05, 0.1) is 10.3 Å². The Balaban J connectivity index is 1.42. The highest BCUT2D eigenvalue weighted by Crippen LogP contribution is 2.49. The molecule has 0 unspecified atom stereocenters. The standard InChI is InChI=1S/C37H41N3O4S/c1-6-38-30-21-19-27(40(43)44)25-29(30)37(4,5)33(38)15-9-7-10-16-34-36(2,3)28-24-26(32-14-13-23-45-32)18-20-31(28)39(34)22-12-8-11-17-35(41)42/h7,9-10,13-16,18-21,23-25H,6,8,11-12,17,22H2,1-5H3. The fraction of sp³-hybridized carbons (Fsp3) is 0.351. The van der Waals surface area contributed by atoms with E-state index >= 15 is 0 Å². The molecule has 8 heteroatoms. The molecule has 0 radical (unpaired) electrons. The summed E-state index contributed by atoms with van der Waals surface area (Å²) in [4.78, 5) is 25.5. The topological polar surface area (TPSA) is 89.5 Å². The highest BCUT2D eigenvalue weighted by Gasteiger charge is 2.44. The molecular formula is C37H41N3O4S. The van der Waals surface area contributed by atoms with Gasteiger partial charge in [-0.25, -0.2) is 0 Å². The van der Waals surface area contributed by atoms with E-state index in [1.807, 2.05) is 18.2 Å². The van der Waals surface area contributed by atoms with Gasteiger partial charge in [-0.05, 0) is 86.9 Å². The second-order valence-electron chi connectivity index (χ2n) is 12.7. The molecule has 234 valence electrons. The van der Waals surface area contributed by atoms with Gasteiger partial charge in [-0.3, -0.25) is 10.1 Å². The van der Waals surface area contributed by atoms with E-state index in [9.17, 15) is 20.0 Å². The molecule has 2 aliphatic rings. The first-order valence-corrected chi connectivity index (χ1v) is 16.5. The molecule has 7 nitrogen and oxygen atoms in total. The molecule has 45 heavy (non-hydrogen) atoms. The number of carbonyl (C=O) groups excluding carboxylic acids is 1. The van der Waals surface area contributed by atoms with Crippen molar-refractivity contribution in [3.63, 3.8) is 0 Å². The largest absolute Gasteiger partial charge is 0.550 e. The van der Waals surface area contributed by atoms with Crippen LogP contribution >= 0.6 is 11.3 Å². The third kappa shape index (κ3) is 6.29. The van der Waals surface area contributed by atoms with Crippen molar-refractivity contribution in [3.8, 4) is 10.4 Å². The minimum Gasteiger partial charge on any atom is -0.550 e. The van der Waals surface area contributed by atoms with E-state index in [1.54, 1.807) is 23.5 Å². The maximum absolute atomic E-state index is 11.5. The highest BCUT2D eigenvalue weighted by atomic mass is 32.1. The van der Waals surface area contributed by atoms with E-state index in [0.29, 0.717) is 6.42 Å². The van der Waals surface area contributed by atoms with Gasteiger partial charge in [-0.1, -0.05) is 38.1 Å². The van der Waals surface area contributed by atoms with Gasteiger partial charge in [0.25, 0.3) is 5.69 Å². The van der Waals surface area contributed by atoms with Gasteiger partial charge in [0.1, 0.15) is 6.54 Å². The highest BCUT2D eigenvalue weighted by molar-refractivity contribution is 7.13. The van der Waals surface area contributed by atoms with Crippen molar-refractivity contribution in [1.29, 1.82) is 0 Å². The number of thiophene rings is 1. The summed E-state index contributed by atoms with van der Waals surface area (Å²) < 4.78 is 2.39. The number of anilines is 1. The Morgan fingerprint density at radius 2 is 1.78 bits per heavy atom. The number of nitro benzene ring substituents is 1. The summed E-state index contributed by atoms with van der Waals surface area (Å²) in [7, 11) is 0. The molecular weight excluding hydrogens is 582 g/mol. The van der Waals surface area contributed by atoms with Crippen LogP contribution < -0.4 is 10.0 Å². The Labute approximate surface area is 269 Å². The SMILES string of the molecule is CCN1/C(=C/C=C/C=C/C2=[N+](CCCCCC(=O)[O-])c3ccc(-c4cccs4)cc3C2(C)C)C(C)(C)c2cc([N+](=O)[O-])ccc21. The Hall–Kier alpha value is -4.30. The fourth-order valence-electron chi connectivity index (χ4n) is 6.70. The number of allylic oxidation sites excluding steroid dienone is 6. The first-order valence-electron chi connectivity index (χ1n) is 15.6. The van der Waals surface area contributed by atoms with Gasteiger partial charge in [0, 0.05) is 70.5 Å². The van der Waals surface area contributed by atoms with E-state index in [2.05, 4.69) is 98.0 Å². The van der Waals surface area contributed by atoms with Crippen LogP contribution in [0.1, 0.15) is 71.4 Å². The molecule has 1 aromatic heterocycles. The van der Waals surface area contributed by atoms with Gasteiger partial charge < -0.3 is 14.8 Å². The molecule has 0 aliphatic carbocycles. The summed E-state index contributed by atoms with van der Waals surface area (Å²) in [5, 5.41) is 24.5. The summed E-state index contributed by atoms with van der Waals surface area (Å²) >= 11 is 1.74. The summed E-state index contributed by atoms with van der Waals surface area (Å²) in [6, 6.07) is 16.1. The lowest BCUT2D eigenvalue weighted by Crippen LogP contribution is -2.28. The van der Waals surface area contributed by atoms with Gasteiger partial charge in [0.2, 0.25) is 5.69 Å². The van der Waals surface area contributed by atoms with Crippen LogP contribution in [0.5, 0.6) is 0 Å². The van der Waals surface area contributed by atoms with Gasteiger partial charge in [-0.15, -0.1) is 11.3 Å². The second-order valence-corrected chi connectivity index (χ2v) is 13.6. The zero-order valence-electron chi connectivity index (χ0n) is 26.7. The number of carboxylic acids is 1. The molecule has 0 bridgehead atoms. The van der Waals surface area contributed by atoms with E-state index < -0.39 is 5.97 Å². The molecule has 2 aliphatic heterocycles. The quantitative estimate of drug-likeness (QED) is 0.0675. The molecule has 0 spiro atoms. The van der Waals surface area contributed by atoms with Crippen LogP contribution in [0.4, 0.5) is 17.1 Å². The van der Waals surface area contributed by atoms with Crippen molar-refractivity contribution < 1.29 is 19.4 Å². The predicted octanol–water partition coefficient (Wildman–Crippen LogP) is 7.82. The van der Waals surface area contributed by atoms with Crippen LogP contribution in [0, 0.1) is 10.1 Å². The number of benzene rings is 2. The molecule has 0 amide bonds. The number of aliphatic carboxylic acids is 1. The smallest absolute Gasteiger partial charge is 0.269 e. The van der Waals surface area contributed by atoms with Crippen molar-refractivity contribution in [3.05, 3.63) is 111 Å². The van der Waals surface area contributed by atoms with Crippen molar-refractivity contribution >= 4 is 40.1 Å². The summed E-state index contributed by atoms with van der Waals surface area (Å²) in [6.45, 7) is 12.4. The first kappa shape index (κ1) is 32.1. The Morgan fingerprint density at radius 1 is 0.978 bits per heavy atom. The number of nitrogens with zero attached hydrogens (tertiary/aromatic N) is 3. The molecule has 2 aromatic carbocycles. The van der Waals surface area contributed by atoms with E-state index in [0.717, 1.165) is 42.9 Å². The van der Waals surface area contributed by atoms with Crippen molar-refractivity contribution in [2.75, 3.05) is 18.0 Å². The monoisotopic (exact) mass is 623 g/mol. The first-order chi connectivity index (χ1) is 21.5. The summed E-state index contributed by atoms with van der Waals surface area (Å²) in [5.41, 5.74) is 7.50. The van der Waals surface area contributed by atoms with Crippen LogP contribution in [0.15, 0.2) is 90.0 Å². The number of hydrogen-bond donors (Lipinski definition) is 0. The molecule has 0 atom stereocenters. The van der Waals surface area contributed by atoms with Gasteiger partial charge in [-0.2, -0.15) is 4.58 Å². The summed E-state index contributed by atoms with van der Waals surface area (Å²) in [6.07, 6.45) is 12.9. The third-order valence-corrected chi connectivity index (χ3v) is 10.0. The van der Waals surface area contributed by atoms with Crippen LogP contribution in [0.3, 0.4) is 0 Å². The molecule has 0 N–H and O–H groups in total. The number of unbranched alkanes of at least 4 members (excludes halogenated alkanes) is 2.